The zero-order chi connectivity index (χ0) is 15.3. The highest BCUT2D eigenvalue weighted by molar-refractivity contribution is 5.58. The van der Waals surface area contributed by atoms with Crippen molar-refractivity contribution in [3.8, 4) is 6.07 Å². The Bertz CT molecular complexity index is 558. The van der Waals surface area contributed by atoms with E-state index in [0.29, 0.717) is 12.2 Å². The molecule has 0 aliphatic heterocycles. The van der Waals surface area contributed by atoms with Crippen LogP contribution in [0.15, 0.2) is 18.2 Å². The summed E-state index contributed by atoms with van der Waals surface area (Å²) in [4.78, 5) is 10.2. The first-order chi connectivity index (χ1) is 10.0. The lowest BCUT2D eigenvalue weighted by molar-refractivity contribution is -0.385. The molecule has 0 atom stereocenters. The summed E-state index contributed by atoms with van der Waals surface area (Å²) in [6.45, 7) is 0.398. The van der Waals surface area contributed by atoms with Gasteiger partial charge in [0.2, 0.25) is 0 Å². The number of hydrogen-bond donors (Lipinski definition) is 2. The van der Waals surface area contributed by atoms with Gasteiger partial charge in [0.25, 0.3) is 5.69 Å². The smallest absolute Gasteiger partial charge is 0.287 e. The summed E-state index contributed by atoms with van der Waals surface area (Å²) >= 11 is 0. The average molecular weight is 289 g/mol. The van der Waals surface area contributed by atoms with Crippen molar-refractivity contribution in [2.75, 3.05) is 11.9 Å². The number of nitrogens with one attached hydrogen (secondary N) is 1. The number of nitro groups is 1. The van der Waals surface area contributed by atoms with Crippen molar-refractivity contribution < 1.29 is 10.0 Å². The van der Waals surface area contributed by atoms with Gasteiger partial charge >= 0.3 is 0 Å². The third kappa shape index (κ3) is 3.92. The predicted octanol–water partition coefficient (Wildman–Crippen LogP) is 2.96. The van der Waals surface area contributed by atoms with Crippen LogP contribution in [0.25, 0.3) is 0 Å². The Morgan fingerprint density at radius 3 is 2.57 bits per heavy atom. The summed E-state index contributed by atoms with van der Waals surface area (Å²) < 4.78 is 0. The summed E-state index contributed by atoms with van der Waals surface area (Å²) in [6, 6.07) is 6.17. The van der Waals surface area contributed by atoms with Gasteiger partial charge in [-0.1, -0.05) is 25.7 Å². The van der Waals surface area contributed by atoms with Gasteiger partial charge in [0.1, 0.15) is 11.6 Å². The van der Waals surface area contributed by atoms with Crippen LogP contribution in [0.4, 0.5) is 11.4 Å². The van der Waals surface area contributed by atoms with Gasteiger partial charge in [0.05, 0.1) is 10.5 Å². The van der Waals surface area contributed by atoms with Crippen molar-refractivity contribution in [3.05, 3.63) is 33.9 Å². The number of rotatable bonds is 4. The van der Waals surface area contributed by atoms with Crippen molar-refractivity contribution in [3.63, 3.8) is 0 Å². The number of nitriles is 1. The zero-order valence-electron chi connectivity index (χ0n) is 11.8. The SMILES string of the molecule is N#Cc1cc(NCC2(O)CCCCCC2)ccc1[N+](=O)[O-]. The fourth-order valence-corrected chi connectivity index (χ4v) is 2.72. The van der Waals surface area contributed by atoms with Gasteiger partial charge in [-0.25, -0.2) is 0 Å². The largest absolute Gasteiger partial charge is 0.388 e. The molecule has 1 aromatic carbocycles. The van der Waals surface area contributed by atoms with Crippen molar-refractivity contribution in [2.45, 2.75) is 44.1 Å². The van der Waals surface area contributed by atoms with Gasteiger partial charge in [0.15, 0.2) is 0 Å². The minimum atomic E-state index is -0.731. The first-order valence-electron chi connectivity index (χ1n) is 7.19. The third-order valence-electron chi connectivity index (χ3n) is 3.97. The van der Waals surface area contributed by atoms with E-state index in [9.17, 15) is 15.2 Å². The second-order valence-electron chi connectivity index (χ2n) is 5.59. The molecule has 0 amide bonds. The normalized spacial score (nSPS) is 17.5. The van der Waals surface area contributed by atoms with E-state index >= 15 is 0 Å². The molecule has 1 saturated carbocycles. The van der Waals surface area contributed by atoms with Crippen LogP contribution in [-0.4, -0.2) is 22.2 Å². The summed E-state index contributed by atoms with van der Waals surface area (Å²) in [7, 11) is 0. The van der Waals surface area contributed by atoms with E-state index < -0.39 is 10.5 Å². The molecular weight excluding hydrogens is 270 g/mol. The summed E-state index contributed by atoms with van der Waals surface area (Å²) in [5.74, 6) is 0. The Morgan fingerprint density at radius 2 is 2.00 bits per heavy atom. The first-order valence-corrected chi connectivity index (χ1v) is 7.19. The topological polar surface area (TPSA) is 99.2 Å². The van der Waals surface area contributed by atoms with E-state index in [1.807, 2.05) is 6.07 Å². The molecule has 21 heavy (non-hydrogen) atoms. The van der Waals surface area contributed by atoms with Gasteiger partial charge in [0, 0.05) is 18.3 Å². The van der Waals surface area contributed by atoms with Gasteiger partial charge in [-0.05, 0) is 25.0 Å². The Balaban J connectivity index is 2.06. The fourth-order valence-electron chi connectivity index (χ4n) is 2.72. The molecule has 1 aliphatic rings. The van der Waals surface area contributed by atoms with Crippen molar-refractivity contribution in [2.24, 2.45) is 0 Å². The maximum atomic E-state index is 10.8. The van der Waals surface area contributed by atoms with Crippen molar-refractivity contribution in [1.82, 2.24) is 0 Å². The summed E-state index contributed by atoms with van der Waals surface area (Å²) in [6.07, 6.45) is 5.86. The molecule has 1 fully saturated rings. The summed E-state index contributed by atoms with van der Waals surface area (Å²) in [5.41, 5.74) is -0.283. The Hall–Kier alpha value is -2.13. The predicted molar refractivity (Wildman–Crippen MR) is 79.0 cm³/mol. The molecule has 6 nitrogen and oxygen atoms in total. The lowest BCUT2D eigenvalue weighted by Gasteiger charge is -2.27. The maximum Gasteiger partial charge on any atom is 0.287 e. The molecule has 112 valence electrons. The summed E-state index contributed by atoms with van der Waals surface area (Å²) in [5, 5.41) is 33.4. The van der Waals surface area contributed by atoms with E-state index in [0.717, 1.165) is 38.5 Å². The van der Waals surface area contributed by atoms with Crippen LogP contribution in [0, 0.1) is 21.4 Å². The highest BCUT2D eigenvalue weighted by Gasteiger charge is 2.27. The molecule has 2 N–H and O–H groups in total. The molecule has 1 aliphatic carbocycles. The van der Waals surface area contributed by atoms with Crippen LogP contribution in [0.1, 0.15) is 44.1 Å². The zero-order valence-corrected chi connectivity index (χ0v) is 11.8. The lowest BCUT2D eigenvalue weighted by atomic mass is 9.94. The van der Waals surface area contributed by atoms with Crippen LogP contribution < -0.4 is 5.32 Å². The van der Waals surface area contributed by atoms with Crippen LogP contribution in [0.2, 0.25) is 0 Å². The number of nitrogens with zero attached hydrogens (tertiary/aromatic N) is 2. The minimum absolute atomic E-state index is 0.0258. The van der Waals surface area contributed by atoms with Gasteiger partial charge in [-0.2, -0.15) is 5.26 Å². The van der Waals surface area contributed by atoms with Crippen LogP contribution >= 0.6 is 0 Å². The molecule has 0 heterocycles. The maximum absolute atomic E-state index is 10.8. The molecule has 0 saturated heterocycles. The molecule has 1 aromatic rings. The van der Waals surface area contributed by atoms with E-state index in [2.05, 4.69) is 5.32 Å². The number of nitro benzene ring substituents is 1. The fraction of sp³-hybridized carbons (Fsp3) is 0.533. The quantitative estimate of drug-likeness (QED) is 0.504. The molecule has 6 heteroatoms. The van der Waals surface area contributed by atoms with Crippen LogP contribution in [0.3, 0.4) is 0 Å². The number of aliphatic hydroxyl groups is 1. The second kappa shape index (κ2) is 6.55. The Labute approximate surface area is 123 Å². The third-order valence-corrected chi connectivity index (χ3v) is 3.97. The first kappa shape index (κ1) is 15.3. The van der Waals surface area contributed by atoms with Gasteiger partial charge in [-0.3, -0.25) is 10.1 Å². The molecule has 0 unspecified atom stereocenters. The highest BCUT2D eigenvalue weighted by Crippen LogP contribution is 2.28. The van der Waals surface area contributed by atoms with Gasteiger partial charge in [-0.15, -0.1) is 0 Å². The number of anilines is 1. The van der Waals surface area contributed by atoms with Crippen molar-refractivity contribution in [1.29, 1.82) is 5.26 Å². The molecule has 0 spiro atoms. The van der Waals surface area contributed by atoms with Gasteiger partial charge < -0.3 is 10.4 Å². The molecule has 0 aromatic heterocycles. The molecule has 2 rings (SSSR count). The van der Waals surface area contributed by atoms with E-state index in [4.69, 9.17) is 5.26 Å². The minimum Gasteiger partial charge on any atom is -0.388 e. The molecule has 0 bridgehead atoms. The number of hydrogen-bond acceptors (Lipinski definition) is 5. The monoisotopic (exact) mass is 289 g/mol. The lowest BCUT2D eigenvalue weighted by Crippen LogP contribution is -2.36. The Kier molecular flexibility index (Phi) is 4.76. The standard InChI is InChI=1S/C15H19N3O3/c16-10-12-9-13(5-6-14(12)18(20)21)17-11-15(19)7-3-1-2-4-8-15/h5-6,9,17,19H,1-4,7-8,11H2. The molecule has 0 radical (unpaired) electrons. The van der Waals surface area contributed by atoms with Crippen LogP contribution in [0.5, 0.6) is 0 Å². The highest BCUT2D eigenvalue weighted by atomic mass is 16.6. The number of benzene rings is 1. The van der Waals surface area contributed by atoms with E-state index in [1.54, 1.807) is 6.07 Å². The Morgan fingerprint density at radius 1 is 1.33 bits per heavy atom. The van der Waals surface area contributed by atoms with E-state index in [1.165, 1.54) is 12.1 Å². The second-order valence-corrected chi connectivity index (χ2v) is 5.59. The van der Waals surface area contributed by atoms with Crippen molar-refractivity contribution >= 4 is 11.4 Å². The van der Waals surface area contributed by atoms with E-state index in [-0.39, 0.29) is 11.3 Å². The molecular formula is C15H19N3O3. The average Bonchev–Trinajstić information content (AvgIpc) is 2.70. The van der Waals surface area contributed by atoms with Crippen LogP contribution in [-0.2, 0) is 0 Å².